The molecule has 6 nitrogen and oxygen atoms in total. The average molecular weight is 553 g/mol. The van der Waals surface area contributed by atoms with E-state index in [9.17, 15) is 0 Å². The van der Waals surface area contributed by atoms with Crippen molar-refractivity contribution in [3.8, 4) is 34.2 Å². The van der Waals surface area contributed by atoms with E-state index in [-0.39, 0.29) is 0 Å². The van der Waals surface area contributed by atoms with Crippen LogP contribution in [0, 0.1) is 0 Å². The highest BCUT2D eigenvalue weighted by Crippen LogP contribution is 2.38. The highest BCUT2D eigenvalue weighted by atomic mass is 15.3. The Bertz CT molecular complexity index is 2380. The van der Waals surface area contributed by atoms with Crippen LogP contribution in [0.15, 0.2) is 146 Å². The minimum absolute atomic E-state index is 0.565. The monoisotopic (exact) mass is 552 g/mol. The van der Waals surface area contributed by atoms with E-state index in [4.69, 9.17) is 15.0 Å². The maximum atomic E-state index is 5.23. The summed E-state index contributed by atoms with van der Waals surface area (Å²) in [6.45, 7) is 0. The molecule has 0 saturated carbocycles. The van der Waals surface area contributed by atoms with E-state index in [1.54, 1.807) is 0 Å². The maximum absolute atomic E-state index is 5.23. The summed E-state index contributed by atoms with van der Waals surface area (Å²) in [6.07, 6.45) is 0. The summed E-state index contributed by atoms with van der Waals surface area (Å²) in [5.41, 5.74) is 9.91. The lowest BCUT2D eigenvalue weighted by atomic mass is 10.1. The molecule has 0 bridgehead atoms. The van der Waals surface area contributed by atoms with Crippen molar-refractivity contribution in [1.82, 2.24) is 28.5 Å². The SMILES string of the molecule is c1ccc(-c2cc(-c3ccccc3)nc(-n3c4c(c5ccccc5n4-c4ccccc4)n4c5ccccc5nc34)n2)cc1. The minimum atomic E-state index is 0.565. The molecule has 4 aromatic heterocycles. The molecule has 43 heavy (non-hydrogen) atoms. The van der Waals surface area contributed by atoms with Crippen molar-refractivity contribution in [3.05, 3.63) is 146 Å². The van der Waals surface area contributed by atoms with Gasteiger partial charge in [-0.1, -0.05) is 109 Å². The fourth-order valence-corrected chi connectivity index (χ4v) is 6.18. The normalized spacial score (nSPS) is 11.7. The van der Waals surface area contributed by atoms with Gasteiger partial charge in [0.1, 0.15) is 5.52 Å². The van der Waals surface area contributed by atoms with E-state index in [0.717, 1.165) is 67.1 Å². The van der Waals surface area contributed by atoms with Crippen LogP contribution in [0.4, 0.5) is 0 Å². The second-order valence-electron chi connectivity index (χ2n) is 10.6. The summed E-state index contributed by atoms with van der Waals surface area (Å²) >= 11 is 0. The van der Waals surface area contributed by atoms with Gasteiger partial charge in [-0.3, -0.25) is 8.97 Å². The van der Waals surface area contributed by atoms with Crippen molar-refractivity contribution in [2.45, 2.75) is 0 Å². The molecule has 0 aliphatic carbocycles. The molecule has 0 aliphatic heterocycles. The van der Waals surface area contributed by atoms with Crippen molar-refractivity contribution in [2.24, 2.45) is 0 Å². The average Bonchev–Trinajstić information content (AvgIpc) is 3.72. The molecule has 0 unspecified atom stereocenters. The Kier molecular flexibility index (Phi) is 5.10. The second-order valence-corrected chi connectivity index (χ2v) is 10.6. The first-order chi connectivity index (χ1) is 21.3. The van der Waals surface area contributed by atoms with Crippen molar-refractivity contribution < 1.29 is 0 Å². The topological polar surface area (TPSA) is 52.9 Å². The van der Waals surface area contributed by atoms with Crippen LogP contribution in [-0.2, 0) is 0 Å². The second kappa shape index (κ2) is 9.26. The van der Waals surface area contributed by atoms with Gasteiger partial charge >= 0.3 is 0 Å². The van der Waals surface area contributed by atoms with Gasteiger partial charge in [-0.25, -0.2) is 19.5 Å². The van der Waals surface area contributed by atoms with Gasteiger partial charge in [0.05, 0.1) is 27.9 Å². The molecular weight excluding hydrogens is 528 g/mol. The summed E-state index contributed by atoms with van der Waals surface area (Å²) in [5, 5.41) is 1.13. The molecule has 0 aliphatic rings. The van der Waals surface area contributed by atoms with E-state index < -0.39 is 0 Å². The molecular formula is C37H24N6. The van der Waals surface area contributed by atoms with Crippen molar-refractivity contribution in [2.75, 3.05) is 0 Å². The minimum Gasteiger partial charge on any atom is -0.294 e. The molecule has 0 saturated heterocycles. The zero-order chi connectivity index (χ0) is 28.3. The van der Waals surface area contributed by atoms with Gasteiger partial charge < -0.3 is 0 Å². The third-order valence-corrected chi connectivity index (χ3v) is 8.07. The lowest BCUT2D eigenvalue weighted by Gasteiger charge is -2.13. The number of hydrogen-bond acceptors (Lipinski definition) is 3. The van der Waals surface area contributed by atoms with Crippen LogP contribution in [0.1, 0.15) is 0 Å². The molecule has 202 valence electrons. The first-order valence-electron chi connectivity index (χ1n) is 14.3. The van der Waals surface area contributed by atoms with E-state index >= 15 is 0 Å². The Balaban J connectivity index is 1.49. The third-order valence-electron chi connectivity index (χ3n) is 8.07. The lowest BCUT2D eigenvalue weighted by Crippen LogP contribution is -2.07. The lowest BCUT2D eigenvalue weighted by molar-refractivity contribution is 0.944. The Morgan fingerprint density at radius 1 is 0.465 bits per heavy atom. The molecule has 0 N–H and O–H groups in total. The summed E-state index contributed by atoms with van der Waals surface area (Å²) < 4.78 is 6.68. The predicted octanol–water partition coefficient (Wildman–Crippen LogP) is 8.50. The maximum Gasteiger partial charge on any atom is 0.239 e. The van der Waals surface area contributed by atoms with Crippen molar-refractivity contribution in [3.63, 3.8) is 0 Å². The largest absolute Gasteiger partial charge is 0.294 e. The number of hydrogen-bond donors (Lipinski definition) is 0. The smallest absolute Gasteiger partial charge is 0.239 e. The van der Waals surface area contributed by atoms with E-state index in [2.05, 4.69) is 111 Å². The van der Waals surface area contributed by atoms with Gasteiger partial charge in [0.2, 0.25) is 11.7 Å². The van der Waals surface area contributed by atoms with Crippen molar-refractivity contribution in [1.29, 1.82) is 0 Å². The fraction of sp³-hybridized carbons (Fsp3) is 0. The van der Waals surface area contributed by atoms with E-state index in [1.165, 1.54) is 0 Å². The molecule has 0 fully saturated rings. The Labute approximate surface area is 246 Å². The summed E-state index contributed by atoms with van der Waals surface area (Å²) in [7, 11) is 0. The first kappa shape index (κ1) is 23.7. The van der Waals surface area contributed by atoms with Crippen LogP contribution in [0.2, 0.25) is 0 Å². The van der Waals surface area contributed by atoms with Gasteiger partial charge in [-0.15, -0.1) is 0 Å². The number of rotatable bonds is 4. The van der Waals surface area contributed by atoms with Crippen LogP contribution in [0.3, 0.4) is 0 Å². The summed E-state index contributed by atoms with van der Waals surface area (Å²) in [4.78, 5) is 15.6. The molecule has 5 aromatic carbocycles. The molecule has 9 aromatic rings. The number of nitrogens with zero attached hydrogens (tertiary/aromatic N) is 6. The first-order valence-corrected chi connectivity index (χ1v) is 14.3. The molecule has 0 spiro atoms. The standard InChI is InChI=1S/C37H24N6/c1-4-14-25(15-5-1)30-24-31(26-16-6-2-7-17-26)39-36(38-30)43-35-34(42-33-23-13-11-21-29(33)40-37(42)43)28-20-10-12-22-32(28)41(35)27-18-8-3-9-19-27/h1-24H. The molecule has 6 heteroatoms. The Morgan fingerprint density at radius 3 is 1.70 bits per heavy atom. The van der Waals surface area contributed by atoms with E-state index in [0.29, 0.717) is 5.95 Å². The number of aromatic nitrogens is 6. The van der Waals surface area contributed by atoms with Crippen LogP contribution < -0.4 is 0 Å². The predicted molar refractivity (Wildman–Crippen MR) is 173 cm³/mol. The third kappa shape index (κ3) is 3.57. The van der Waals surface area contributed by atoms with Gasteiger partial charge in [0, 0.05) is 22.2 Å². The van der Waals surface area contributed by atoms with Crippen LogP contribution in [-0.4, -0.2) is 28.5 Å². The molecule has 0 radical (unpaired) electrons. The highest BCUT2D eigenvalue weighted by Gasteiger charge is 2.26. The van der Waals surface area contributed by atoms with Crippen LogP contribution in [0.25, 0.3) is 73.0 Å². The number of imidazole rings is 2. The van der Waals surface area contributed by atoms with Gasteiger partial charge in [-0.2, -0.15) is 0 Å². The zero-order valence-corrected chi connectivity index (χ0v) is 23.0. The fourth-order valence-electron chi connectivity index (χ4n) is 6.18. The number of fused-ring (bicyclic) bond motifs is 7. The summed E-state index contributed by atoms with van der Waals surface area (Å²) in [6, 6.07) is 50.0. The van der Waals surface area contributed by atoms with E-state index in [1.807, 2.05) is 48.5 Å². The molecule has 0 amide bonds. The van der Waals surface area contributed by atoms with Gasteiger partial charge in [-0.05, 0) is 36.4 Å². The van der Waals surface area contributed by atoms with Crippen LogP contribution in [0.5, 0.6) is 0 Å². The van der Waals surface area contributed by atoms with Crippen LogP contribution >= 0.6 is 0 Å². The Morgan fingerprint density at radius 2 is 1.02 bits per heavy atom. The summed E-state index contributed by atoms with van der Waals surface area (Å²) in [5.74, 6) is 1.33. The van der Waals surface area contributed by atoms with Crippen molar-refractivity contribution >= 4 is 38.9 Å². The number of para-hydroxylation sites is 4. The Hall–Kier alpha value is -6.01. The zero-order valence-electron chi connectivity index (χ0n) is 23.0. The molecule has 4 heterocycles. The van der Waals surface area contributed by atoms with Gasteiger partial charge in [0.25, 0.3) is 0 Å². The highest BCUT2D eigenvalue weighted by molar-refractivity contribution is 6.10. The quantitative estimate of drug-likeness (QED) is 0.220. The van der Waals surface area contributed by atoms with Gasteiger partial charge in [0.15, 0.2) is 5.65 Å². The number of benzene rings is 5. The molecule has 9 rings (SSSR count). The molecule has 0 atom stereocenters.